The molecule has 2 spiro atoms. The Morgan fingerprint density at radius 3 is 1.36 bits per heavy atom. The average Bonchev–Trinajstić information content (AvgIpc) is 3.02. The van der Waals surface area contributed by atoms with Crippen LogP contribution in [0.3, 0.4) is 0 Å². The zero-order valence-electron chi connectivity index (χ0n) is 17.1. The molecule has 4 aliphatic heterocycles. The zero-order chi connectivity index (χ0) is 17.9. The summed E-state index contributed by atoms with van der Waals surface area (Å²) in [6.07, 6.45) is 6.71. The van der Waals surface area contributed by atoms with E-state index in [0.29, 0.717) is 10.8 Å². The summed E-state index contributed by atoms with van der Waals surface area (Å²) in [6, 6.07) is 1.45. The molecule has 0 N–H and O–H groups in total. The van der Waals surface area contributed by atoms with Gasteiger partial charge in [-0.25, -0.2) is 0 Å². The van der Waals surface area contributed by atoms with Crippen molar-refractivity contribution in [2.24, 2.45) is 10.8 Å². The molecule has 0 amide bonds. The lowest BCUT2D eigenvalue weighted by Crippen LogP contribution is -2.52. The lowest BCUT2D eigenvalue weighted by Gasteiger charge is -2.48. The zero-order valence-corrected chi connectivity index (χ0v) is 17.1. The van der Waals surface area contributed by atoms with Gasteiger partial charge in [0.1, 0.15) is 0 Å². The Hall–Kier alpha value is -0.160. The maximum absolute atomic E-state index is 5.51. The highest BCUT2D eigenvalue weighted by molar-refractivity contribution is 4.91. The maximum atomic E-state index is 5.51. The smallest absolute Gasteiger partial charge is 0.0545 e. The molecule has 0 aliphatic carbocycles. The topological polar surface area (TPSA) is 24.9 Å². The van der Waals surface area contributed by atoms with E-state index in [1.54, 1.807) is 0 Å². The Labute approximate surface area is 155 Å². The summed E-state index contributed by atoms with van der Waals surface area (Å²) >= 11 is 0. The van der Waals surface area contributed by atoms with E-state index < -0.39 is 0 Å². The summed E-state index contributed by atoms with van der Waals surface area (Å²) in [5.74, 6) is 0. The van der Waals surface area contributed by atoms with Crippen LogP contribution in [0.2, 0.25) is 0 Å². The summed E-state index contributed by atoms with van der Waals surface area (Å²) in [7, 11) is 0. The van der Waals surface area contributed by atoms with Crippen LogP contribution in [0.25, 0.3) is 0 Å². The molecule has 4 heterocycles. The van der Waals surface area contributed by atoms with Crippen molar-refractivity contribution in [3.05, 3.63) is 0 Å². The number of likely N-dealkylation sites (tertiary alicyclic amines) is 2. The Morgan fingerprint density at radius 2 is 1.04 bits per heavy atom. The van der Waals surface area contributed by atoms with Crippen molar-refractivity contribution in [1.29, 1.82) is 0 Å². The fourth-order valence-electron chi connectivity index (χ4n) is 4.75. The molecule has 4 heteroatoms. The van der Waals surface area contributed by atoms with Gasteiger partial charge < -0.3 is 19.3 Å². The molecule has 0 unspecified atom stereocenters. The van der Waals surface area contributed by atoms with E-state index in [2.05, 4.69) is 37.5 Å². The summed E-state index contributed by atoms with van der Waals surface area (Å²) < 4.78 is 10.8. The highest BCUT2D eigenvalue weighted by Crippen LogP contribution is 2.39. The van der Waals surface area contributed by atoms with Crippen molar-refractivity contribution in [3.8, 4) is 0 Å². The second-order valence-corrected chi connectivity index (χ2v) is 9.55. The monoisotopic (exact) mass is 352 g/mol. The molecule has 4 saturated heterocycles. The van der Waals surface area contributed by atoms with Crippen LogP contribution in [0.1, 0.15) is 59.8 Å². The van der Waals surface area contributed by atoms with Crippen LogP contribution in [-0.2, 0) is 9.47 Å². The van der Waals surface area contributed by atoms with Gasteiger partial charge in [-0.3, -0.25) is 0 Å². The van der Waals surface area contributed by atoms with Crippen molar-refractivity contribution >= 4 is 0 Å². The van der Waals surface area contributed by atoms with Gasteiger partial charge in [-0.05, 0) is 91.4 Å². The third-order valence-corrected chi connectivity index (χ3v) is 7.18. The van der Waals surface area contributed by atoms with E-state index in [4.69, 9.17) is 9.47 Å². The molecule has 0 aromatic heterocycles. The van der Waals surface area contributed by atoms with Crippen molar-refractivity contribution in [1.82, 2.24) is 9.80 Å². The first-order chi connectivity index (χ1) is 11.9. The molecule has 4 fully saturated rings. The van der Waals surface area contributed by atoms with Gasteiger partial charge in [-0.15, -0.1) is 0 Å². The van der Waals surface area contributed by atoms with Gasteiger partial charge in [0.05, 0.1) is 19.8 Å². The van der Waals surface area contributed by atoms with Gasteiger partial charge in [0, 0.05) is 24.1 Å². The minimum Gasteiger partial charge on any atom is -0.381 e. The van der Waals surface area contributed by atoms with Crippen LogP contribution in [0.5, 0.6) is 0 Å². The van der Waals surface area contributed by atoms with Gasteiger partial charge in [0.25, 0.3) is 0 Å². The molecule has 25 heavy (non-hydrogen) atoms. The Balaban J connectivity index is 0.000000146. The van der Waals surface area contributed by atoms with Gasteiger partial charge in [-0.1, -0.05) is 0 Å². The minimum atomic E-state index is 0.575. The van der Waals surface area contributed by atoms with Crippen LogP contribution >= 0.6 is 0 Å². The largest absolute Gasteiger partial charge is 0.381 e. The second-order valence-electron chi connectivity index (χ2n) is 9.55. The fourth-order valence-corrected chi connectivity index (χ4v) is 4.75. The number of piperidine rings is 2. The molecule has 146 valence electrons. The third-order valence-electron chi connectivity index (χ3n) is 7.18. The minimum absolute atomic E-state index is 0.575. The third kappa shape index (κ3) is 4.77. The van der Waals surface area contributed by atoms with Gasteiger partial charge in [0.2, 0.25) is 0 Å². The highest BCUT2D eigenvalue weighted by atomic mass is 16.5. The van der Waals surface area contributed by atoms with E-state index in [1.807, 2.05) is 0 Å². The van der Waals surface area contributed by atoms with E-state index >= 15 is 0 Å². The predicted molar refractivity (Wildman–Crippen MR) is 103 cm³/mol. The van der Waals surface area contributed by atoms with E-state index in [9.17, 15) is 0 Å². The molecule has 4 nitrogen and oxygen atoms in total. The van der Waals surface area contributed by atoms with Crippen LogP contribution in [0, 0.1) is 10.8 Å². The number of hydrogen-bond acceptors (Lipinski definition) is 4. The molecule has 4 aliphatic rings. The quantitative estimate of drug-likeness (QED) is 0.760. The van der Waals surface area contributed by atoms with Crippen LogP contribution in [-0.4, -0.2) is 74.5 Å². The summed E-state index contributed by atoms with van der Waals surface area (Å²) in [4.78, 5) is 5.16. The van der Waals surface area contributed by atoms with Crippen LogP contribution in [0.4, 0.5) is 0 Å². The first kappa shape index (κ1) is 19.6. The molecule has 0 aromatic rings. The Kier molecular flexibility index (Phi) is 6.46. The number of nitrogens with zero attached hydrogens (tertiary/aromatic N) is 2. The van der Waals surface area contributed by atoms with Crippen LogP contribution < -0.4 is 0 Å². The standard InChI is InChI=1S/C11H21NO.C10H19NO/c1-10(2)12-6-3-11(4-7-12)5-8-13-9-11;1-9(2)11-5-3-10(4-6-11)7-12-8-10/h10H,3-9H2,1-2H3;9H,3-8H2,1-2H3. The molecule has 0 radical (unpaired) electrons. The van der Waals surface area contributed by atoms with Crippen molar-refractivity contribution in [2.75, 3.05) is 52.6 Å². The number of ether oxygens (including phenoxy) is 2. The van der Waals surface area contributed by atoms with E-state index in [1.165, 1.54) is 58.3 Å². The molecule has 0 atom stereocenters. The summed E-state index contributed by atoms with van der Waals surface area (Å²) in [5.41, 5.74) is 1.18. The fraction of sp³-hybridized carbons (Fsp3) is 1.00. The predicted octanol–water partition coefficient (Wildman–Crippen LogP) is 3.40. The average molecular weight is 353 g/mol. The summed E-state index contributed by atoms with van der Waals surface area (Å²) in [5, 5.41) is 0. The first-order valence-corrected chi connectivity index (χ1v) is 10.6. The first-order valence-electron chi connectivity index (χ1n) is 10.6. The number of rotatable bonds is 2. The molecule has 0 saturated carbocycles. The second kappa shape index (κ2) is 8.24. The van der Waals surface area contributed by atoms with Gasteiger partial charge in [-0.2, -0.15) is 0 Å². The Morgan fingerprint density at radius 1 is 0.600 bits per heavy atom. The van der Waals surface area contributed by atoms with Crippen molar-refractivity contribution < 1.29 is 9.47 Å². The normalized spacial score (nSPS) is 29.0. The lowest BCUT2D eigenvalue weighted by molar-refractivity contribution is -0.141. The molecular weight excluding hydrogens is 312 g/mol. The van der Waals surface area contributed by atoms with E-state index in [-0.39, 0.29) is 0 Å². The summed E-state index contributed by atoms with van der Waals surface area (Å²) in [6.45, 7) is 18.4. The van der Waals surface area contributed by atoms with Crippen molar-refractivity contribution in [3.63, 3.8) is 0 Å². The highest BCUT2D eigenvalue weighted by Gasteiger charge is 2.41. The van der Waals surface area contributed by atoms with Gasteiger partial charge >= 0.3 is 0 Å². The lowest BCUT2D eigenvalue weighted by atomic mass is 9.76. The molecular formula is C21H40N2O2. The molecule has 4 rings (SSSR count). The Bertz CT molecular complexity index is 394. The SMILES string of the molecule is CC(C)N1CCC2(CC1)COC2.CC(C)N1CCC2(CCOC2)CC1. The molecule has 0 bridgehead atoms. The maximum Gasteiger partial charge on any atom is 0.0545 e. The van der Waals surface area contributed by atoms with E-state index in [0.717, 1.165) is 38.5 Å². The van der Waals surface area contributed by atoms with Crippen LogP contribution in [0.15, 0.2) is 0 Å². The van der Waals surface area contributed by atoms with Crippen molar-refractivity contribution in [2.45, 2.75) is 71.9 Å². The molecule has 0 aromatic carbocycles. The van der Waals surface area contributed by atoms with Gasteiger partial charge in [0.15, 0.2) is 0 Å². The number of hydrogen-bond donors (Lipinski definition) is 0.